The Morgan fingerprint density at radius 2 is 2.21 bits per heavy atom. The lowest BCUT2D eigenvalue weighted by Gasteiger charge is -1.97. The summed E-state index contributed by atoms with van der Waals surface area (Å²) in [7, 11) is 0. The number of carbonyl (C=O) groups is 1. The molecule has 1 aromatic rings. The van der Waals surface area contributed by atoms with Crippen molar-refractivity contribution in [1.29, 1.82) is 0 Å². The predicted octanol–water partition coefficient (Wildman–Crippen LogP) is 2.53. The fourth-order valence-corrected chi connectivity index (χ4v) is 1.11. The third-order valence-electron chi connectivity index (χ3n) is 1.57. The first kappa shape index (κ1) is 10.6. The molecular formula is C10H9ClO3. The molecule has 4 heteroatoms. The maximum Gasteiger partial charge on any atom is 0.307 e. The van der Waals surface area contributed by atoms with Gasteiger partial charge in [-0.15, -0.1) is 0 Å². The Balaban J connectivity index is 2.73. The third-order valence-corrected chi connectivity index (χ3v) is 1.88. The second-order valence-electron chi connectivity index (χ2n) is 2.71. The first-order valence-corrected chi connectivity index (χ1v) is 4.34. The standard InChI is InChI=1S/C10H9ClO3/c11-8-6-7(4-5-9(8)12)2-1-3-10(13)14/h1-2,4-6,12H,3H2,(H,13,14). The van der Waals surface area contributed by atoms with Crippen molar-refractivity contribution in [2.75, 3.05) is 0 Å². The number of phenols is 1. The van der Waals surface area contributed by atoms with Gasteiger partial charge in [0.25, 0.3) is 0 Å². The molecule has 0 heterocycles. The Morgan fingerprint density at radius 3 is 2.79 bits per heavy atom. The Bertz CT molecular complexity index is 372. The summed E-state index contributed by atoms with van der Waals surface area (Å²) in [6.07, 6.45) is 3.13. The number of aromatic hydroxyl groups is 1. The highest BCUT2D eigenvalue weighted by molar-refractivity contribution is 6.32. The van der Waals surface area contributed by atoms with Gasteiger partial charge >= 0.3 is 5.97 Å². The van der Waals surface area contributed by atoms with E-state index in [0.29, 0.717) is 0 Å². The van der Waals surface area contributed by atoms with E-state index in [1.54, 1.807) is 18.2 Å². The minimum absolute atomic E-state index is 0.0158. The summed E-state index contributed by atoms with van der Waals surface area (Å²) in [6.45, 7) is 0. The molecule has 0 bridgehead atoms. The van der Waals surface area contributed by atoms with Crippen LogP contribution in [0.4, 0.5) is 0 Å². The van der Waals surface area contributed by atoms with Crippen molar-refractivity contribution in [3.05, 3.63) is 34.9 Å². The van der Waals surface area contributed by atoms with Crippen LogP contribution in [0, 0.1) is 0 Å². The highest BCUT2D eigenvalue weighted by Gasteiger charge is 1.97. The molecule has 0 saturated carbocycles. The Morgan fingerprint density at radius 1 is 1.50 bits per heavy atom. The van der Waals surface area contributed by atoms with Gasteiger partial charge in [0.15, 0.2) is 0 Å². The van der Waals surface area contributed by atoms with Crippen molar-refractivity contribution in [3.8, 4) is 5.75 Å². The Hall–Kier alpha value is -1.48. The van der Waals surface area contributed by atoms with Crippen molar-refractivity contribution >= 4 is 23.6 Å². The molecule has 0 aliphatic rings. The minimum atomic E-state index is -0.883. The van der Waals surface area contributed by atoms with E-state index >= 15 is 0 Å². The highest BCUT2D eigenvalue weighted by atomic mass is 35.5. The van der Waals surface area contributed by atoms with Gasteiger partial charge < -0.3 is 10.2 Å². The van der Waals surface area contributed by atoms with E-state index in [0.717, 1.165) is 5.56 Å². The van der Waals surface area contributed by atoms with Crippen LogP contribution in [0.15, 0.2) is 24.3 Å². The monoisotopic (exact) mass is 212 g/mol. The molecule has 0 aliphatic heterocycles. The van der Waals surface area contributed by atoms with E-state index in [2.05, 4.69) is 0 Å². The highest BCUT2D eigenvalue weighted by Crippen LogP contribution is 2.24. The largest absolute Gasteiger partial charge is 0.506 e. The molecule has 1 rings (SSSR count). The quantitative estimate of drug-likeness (QED) is 0.810. The molecule has 0 fully saturated rings. The van der Waals surface area contributed by atoms with Gasteiger partial charge in [-0.2, -0.15) is 0 Å². The Kier molecular flexibility index (Phi) is 3.54. The number of carboxylic acids is 1. The fourth-order valence-electron chi connectivity index (χ4n) is 0.923. The van der Waals surface area contributed by atoms with E-state index in [1.165, 1.54) is 12.1 Å². The number of rotatable bonds is 3. The van der Waals surface area contributed by atoms with Gasteiger partial charge in [-0.3, -0.25) is 4.79 Å². The first-order valence-electron chi connectivity index (χ1n) is 3.96. The van der Waals surface area contributed by atoms with E-state index in [1.807, 2.05) is 0 Å². The van der Waals surface area contributed by atoms with Crippen molar-refractivity contribution < 1.29 is 15.0 Å². The smallest absolute Gasteiger partial charge is 0.307 e. The van der Waals surface area contributed by atoms with Crippen LogP contribution >= 0.6 is 11.6 Å². The molecule has 0 unspecified atom stereocenters. The average molecular weight is 213 g/mol. The number of hydrogen-bond acceptors (Lipinski definition) is 2. The SMILES string of the molecule is O=C(O)CC=Cc1ccc(O)c(Cl)c1. The molecule has 14 heavy (non-hydrogen) atoms. The van der Waals surface area contributed by atoms with Crippen molar-refractivity contribution in [2.45, 2.75) is 6.42 Å². The molecule has 3 nitrogen and oxygen atoms in total. The molecule has 0 amide bonds. The molecule has 0 aliphatic carbocycles. The van der Waals surface area contributed by atoms with Crippen molar-refractivity contribution in [1.82, 2.24) is 0 Å². The summed E-state index contributed by atoms with van der Waals surface area (Å²) < 4.78 is 0. The molecule has 2 N–H and O–H groups in total. The maximum absolute atomic E-state index is 10.2. The summed E-state index contributed by atoms with van der Waals surface area (Å²) in [4.78, 5) is 10.2. The number of hydrogen-bond donors (Lipinski definition) is 2. The maximum atomic E-state index is 10.2. The first-order chi connectivity index (χ1) is 6.59. The van der Waals surface area contributed by atoms with Crippen LogP contribution in [0.2, 0.25) is 5.02 Å². The van der Waals surface area contributed by atoms with Gasteiger partial charge in [-0.25, -0.2) is 0 Å². The summed E-state index contributed by atoms with van der Waals surface area (Å²) >= 11 is 5.66. The molecule has 1 aromatic carbocycles. The fraction of sp³-hybridized carbons (Fsp3) is 0.100. The average Bonchev–Trinajstić information content (AvgIpc) is 2.10. The van der Waals surface area contributed by atoms with Gasteiger partial charge in [0, 0.05) is 0 Å². The molecule has 0 spiro atoms. The third kappa shape index (κ3) is 3.11. The van der Waals surface area contributed by atoms with Gasteiger partial charge in [-0.05, 0) is 17.7 Å². The normalized spacial score (nSPS) is 10.6. The molecule has 74 valence electrons. The van der Waals surface area contributed by atoms with E-state index < -0.39 is 5.97 Å². The second-order valence-corrected chi connectivity index (χ2v) is 3.12. The summed E-state index contributed by atoms with van der Waals surface area (Å²) in [6, 6.07) is 4.68. The number of benzene rings is 1. The number of halogens is 1. The lowest BCUT2D eigenvalue weighted by molar-refractivity contribution is -0.135. The topological polar surface area (TPSA) is 57.5 Å². The van der Waals surface area contributed by atoms with Crippen molar-refractivity contribution in [2.24, 2.45) is 0 Å². The van der Waals surface area contributed by atoms with E-state index in [9.17, 15) is 4.79 Å². The molecule has 0 aromatic heterocycles. The zero-order chi connectivity index (χ0) is 10.6. The zero-order valence-electron chi connectivity index (χ0n) is 7.27. The molecule has 0 atom stereocenters. The van der Waals surface area contributed by atoms with Crippen LogP contribution in [-0.4, -0.2) is 16.2 Å². The minimum Gasteiger partial charge on any atom is -0.506 e. The lowest BCUT2D eigenvalue weighted by Crippen LogP contribution is -1.89. The second kappa shape index (κ2) is 4.67. The van der Waals surface area contributed by atoms with Crippen LogP contribution in [0.1, 0.15) is 12.0 Å². The Labute approximate surface area is 86.3 Å². The van der Waals surface area contributed by atoms with E-state index in [4.69, 9.17) is 21.8 Å². The van der Waals surface area contributed by atoms with Crippen LogP contribution < -0.4 is 0 Å². The van der Waals surface area contributed by atoms with E-state index in [-0.39, 0.29) is 17.2 Å². The summed E-state index contributed by atoms with van der Waals surface area (Å²) in [5.41, 5.74) is 0.758. The summed E-state index contributed by atoms with van der Waals surface area (Å²) in [5.74, 6) is -0.867. The summed E-state index contributed by atoms with van der Waals surface area (Å²) in [5, 5.41) is 17.7. The number of carboxylic acid groups (broad SMARTS) is 1. The van der Waals surface area contributed by atoms with Crippen LogP contribution in [0.3, 0.4) is 0 Å². The predicted molar refractivity (Wildman–Crippen MR) is 54.4 cm³/mol. The van der Waals surface area contributed by atoms with Gasteiger partial charge in [0.05, 0.1) is 11.4 Å². The van der Waals surface area contributed by atoms with Crippen LogP contribution in [0.5, 0.6) is 5.75 Å². The van der Waals surface area contributed by atoms with Crippen molar-refractivity contribution in [3.63, 3.8) is 0 Å². The van der Waals surface area contributed by atoms with Gasteiger partial charge in [0.1, 0.15) is 5.75 Å². The van der Waals surface area contributed by atoms with Gasteiger partial charge in [0.2, 0.25) is 0 Å². The van der Waals surface area contributed by atoms with Crippen LogP contribution in [0.25, 0.3) is 6.08 Å². The number of aliphatic carboxylic acids is 1. The zero-order valence-corrected chi connectivity index (χ0v) is 8.03. The molecule has 0 radical (unpaired) electrons. The molecular weight excluding hydrogens is 204 g/mol. The van der Waals surface area contributed by atoms with Crippen LogP contribution in [-0.2, 0) is 4.79 Å². The molecule has 0 saturated heterocycles. The van der Waals surface area contributed by atoms with Gasteiger partial charge in [-0.1, -0.05) is 29.8 Å². The number of phenolic OH excluding ortho intramolecular Hbond substituents is 1. The lowest BCUT2D eigenvalue weighted by atomic mass is 10.2.